The van der Waals surface area contributed by atoms with E-state index in [-0.39, 0.29) is 0 Å². The van der Waals surface area contributed by atoms with E-state index >= 15 is 0 Å². The molecule has 0 fully saturated rings. The fraction of sp³-hybridized carbons (Fsp3) is 0.143. The third kappa shape index (κ3) is 6.76. The van der Waals surface area contributed by atoms with Gasteiger partial charge in [0.15, 0.2) is 0 Å². The topological polar surface area (TPSA) is 27.7 Å². The second-order valence-electron chi connectivity index (χ2n) is 4.11. The average Bonchev–Trinajstić information content (AvgIpc) is 2.48. The van der Waals surface area contributed by atoms with E-state index in [0.29, 0.717) is 13.2 Å². The Morgan fingerprint density at radius 3 is 1.47 bits per heavy atom. The minimum atomic E-state index is -1.48. The van der Waals surface area contributed by atoms with Crippen molar-refractivity contribution in [2.45, 2.75) is 13.2 Å². The summed E-state index contributed by atoms with van der Waals surface area (Å²) in [7, 11) is 0. The van der Waals surface area contributed by atoms with Crippen molar-refractivity contribution in [3.8, 4) is 0 Å². The van der Waals surface area contributed by atoms with Crippen molar-refractivity contribution in [2.24, 2.45) is 0 Å². The maximum atomic E-state index is 5.65. The third-order valence-electron chi connectivity index (χ3n) is 2.56. The van der Waals surface area contributed by atoms with Crippen molar-refractivity contribution in [3.63, 3.8) is 0 Å². The van der Waals surface area contributed by atoms with Gasteiger partial charge in [0, 0.05) is 0 Å². The van der Waals surface area contributed by atoms with Crippen LogP contribution < -0.4 is 0 Å². The molecule has 0 heterocycles. The van der Waals surface area contributed by atoms with Crippen LogP contribution in [0, 0.1) is 0 Å². The van der Waals surface area contributed by atoms with Gasteiger partial charge in [-0.3, -0.25) is 0 Å². The van der Waals surface area contributed by atoms with Crippen molar-refractivity contribution in [3.05, 3.63) is 71.8 Å². The molecule has 2 aromatic rings. The van der Waals surface area contributed by atoms with E-state index in [1.54, 1.807) is 0 Å². The van der Waals surface area contributed by atoms with E-state index in [4.69, 9.17) is 7.56 Å². The zero-order valence-electron chi connectivity index (χ0n) is 10.8. The molecule has 0 unspecified atom stereocenters. The Kier molecular flexibility index (Phi) is 7.87. The summed E-state index contributed by atoms with van der Waals surface area (Å²) in [6.07, 6.45) is 0. The molecule has 0 saturated carbocycles. The standard InChI is InChI=1S/2C7H7O.O.2Sn.4H/c2*8-6-7-4-2-1-3-5-7;;;;;;;/h2*1-5H,6H2;;;;;;;/q2*-1;;2*+1;;;;. The second-order valence-corrected chi connectivity index (χ2v) is 16.8. The van der Waals surface area contributed by atoms with Gasteiger partial charge in [0.05, 0.1) is 0 Å². The predicted octanol–water partition coefficient (Wildman–Crippen LogP) is 1.43. The molecule has 0 atom stereocenters. The molecule has 100 valence electrons. The van der Waals surface area contributed by atoms with Gasteiger partial charge in [-0.15, -0.1) is 0 Å². The van der Waals surface area contributed by atoms with Gasteiger partial charge in [0.25, 0.3) is 0 Å². The summed E-state index contributed by atoms with van der Waals surface area (Å²) in [6.45, 7) is 1.36. The first-order valence-corrected chi connectivity index (χ1v) is 12.9. The van der Waals surface area contributed by atoms with Crippen LogP contribution in [-0.2, 0) is 20.8 Å². The summed E-state index contributed by atoms with van der Waals surface area (Å²) in [5.74, 6) is 0. The normalized spacial score (nSPS) is 11.8. The fourth-order valence-electron chi connectivity index (χ4n) is 1.62. The molecule has 0 aromatic heterocycles. The van der Waals surface area contributed by atoms with Gasteiger partial charge in [-0.2, -0.15) is 0 Å². The summed E-state index contributed by atoms with van der Waals surface area (Å²) < 4.78 is 16.9. The van der Waals surface area contributed by atoms with Crippen LogP contribution in [0.25, 0.3) is 0 Å². The van der Waals surface area contributed by atoms with Crippen LogP contribution in [0.5, 0.6) is 0 Å². The Hall–Kier alpha value is -0.0826. The molecule has 19 heavy (non-hydrogen) atoms. The van der Waals surface area contributed by atoms with Crippen LogP contribution in [0.15, 0.2) is 60.7 Å². The summed E-state index contributed by atoms with van der Waals surface area (Å²) in [6, 6.07) is 20.4. The van der Waals surface area contributed by atoms with Crippen LogP contribution in [0.1, 0.15) is 11.1 Å². The van der Waals surface area contributed by atoms with Gasteiger partial charge in [-0.25, -0.2) is 0 Å². The van der Waals surface area contributed by atoms with Crippen molar-refractivity contribution in [2.75, 3.05) is 0 Å². The first-order chi connectivity index (χ1) is 9.45. The predicted molar refractivity (Wildman–Crippen MR) is 80.6 cm³/mol. The number of hydrogen-bond acceptors (Lipinski definition) is 3. The fourth-order valence-corrected chi connectivity index (χ4v) is 10.1. The van der Waals surface area contributed by atoms with Gasteiger partial charge in [0.2, 0.25) is 0 Å². The molecule has 0 aliphatic rings. The Labute approximate surface area is 135 Å². The number of rotatable bonds is 8. The zero-order chi connectivity index (χ0) is 13.2. The first-order valence-electron chi connectivity index (χ1n) is 6.26. The Morgan fingerprint density at radius 1 is 0.632 bits per heavy atom. The molecule has 3 nitrogen and oxygen atoms in total. The average molecular weight is 472 g/mol. The van der Waals surface area contributed by atoms with Crippen molar-refractivity contribution in [1.29, 1.82) is 0 Å². The summed E-state index contributed by atoms with van der Waals surface area (Å²) in [5.41, 5.74) is 2.42. The summed E-state index contributed by atoms with van der Waals surface area (Å²) in [4.78, 5) is 0. The van der Waals surface area contributed by atoms with E-state index in [1.165, 1.54) is 11.1 Å². The molecule has 2 rings (SSSR count). The molecule has 0 aliphatic carbocycles. The minimum absolute atomic E-state index is 0.682. The van der Waals surface area contributed by atoms with Crippen molar-refractivity contribution < 1.29 is 7.56 Å². The van der Waals surface area contributed by atoms with E-state index in [9.17, 15) is 0 Å². The molecule has 0 N–H and O–H groups in total. The van der Waals surface area contributed by atoms with Gasteiger partial charge in [-0.1, -0.05) is 0 Å². The van der Waals surface area contributed by atoms with Crippen LogP contribution in [-0.4, -0.2) is 43.9 Å². The van der Waals surface area contributed by atoms with Gasteiger partial charge < -0.3 is 0 Å². The zero-order valence-corrected chi connectivity index (χ0v) is 18.9. The van der Waals surface area contributed by atoms with Crippen LogP contribution in [0.2, 0.25) is 0 Å². The van der Waals surface area contributed by atoms with Crippen LogP contribution in [0.4, 0.5) is 0 Å². The molecule has 0 aliphatic heterocycles. The van der Waals surface area contributed by atoms with E-state index < -0.39 is 43.9 Å². The molecule has 0 spiro atoms. The van der Waals surface area contributed by atoms with Gasteiger partial charge >= 0.3 is 137 Å². The van der Waals surface area contributed by atoms with E-state index in [1.807, 2.05) is 36.4 Å². The molecule has 0 amide bonds. The molecule has 2 aromatic carbocycles. The SMILES string of the molecule is c1ccc(C[O][SnH2][O][SnH2][O]Cc2ccccc2)cc1. The molecular weight excluding hydrogens is 454 g/mol. The quantitative estimate of drug-likeness (QED) is 0.431. The Balaban J connectivity index is 1.49. The van der Waals surface area contributed by atoms with E-state index in [2.05, 4.69) is 24.3 Å². The summed E-state index contributed by atoms with van der Waals surface area (Å²) in [5, 5.41) is 0. The van der Waals surface area contributed by atoms with Crippen molar-refractivity contribution in [1.82, 2.24) is 0 Å². The Bertz CT molecular complexity index is 407. The van der Waals surface area contributed by atoms with Gasteiger partial charge in [0.1, 0.15) is 0 Å². The molecule has 5 heteroatoms. The summed E-state index contributed by atoms with van der Waals surface area (Å²) >= 11 is -2.95. The monoisotopic (exact) mass is 474 g/mol. The molecule has 0 saturated heterocycles. The number of benzene rings is 2. The number of hydrogen-bond donors (Lipinski definition) is 0. The van der Waals surface area contributed by atoms with E-state index in [0.717, 1.165) is 0 Å². The molecular formula is C14H18O3Sn2. The van der Waals surface area contributed by atoms with Gasteiger partial charge in [-0.05, 0) is 0 Å². The molecule has 0 bridgehead atoms. The first kappa shape index (κ1) is 15.3. The third-order valence-corrected chi connectivity index (χ3v) is 12.0. The van der Waals surface area contributed by atoms with Crippen molar-refractivity contribution >= 4 is 43.9 Å². The van der Waals surface area contributed by atoms with Crippen LogP contribution >= 0.6 is 0 Å². The van der Waals surface area contributed by atoms with Crippen LogP contribution in [0.3, 0.4) is 0 Å². The molecule has 0 radical (unpaired) electrons. The second kappa shape index (κ2) is 9.76. The maximum absolute atomic E-state index is 5.65. The Morgan fingerprint density at radius 2 is 1.05 bits per heavy atom.